The van der Waals surface area contributed by atoms with Gasteiger partial charge in [0.2, 0.25) is 0 Å². The van der Waals surface area contributed by atoms with Crippen LogP contribution < -0.4 is 5.32 Å². The van der Waals surface area contributed by atoms with Crippen molar-refractivity contribution in [3.05, 3.63) is 34.9 Å². The lowest BCUT2D eigenvalue weighted by Gasteiger charge is -2.26. The van der Waals surface area contributed by atoms with E-state index in [0.717, 1.165) is 32.1 Å². The van der Waals surface area contributed by atoms with E-state index < -0.39 is 11.5 Å². The molecule has 1 saturated carbocycles. The number of benzene rings is 1. The molecule has 4 heteroatoms. The van der Waals surface area contributed by atoms with Crippen LogP contribution in [0, 0.1) is 5.92 Å². The number of carboxylic acids is 1. The van der Waals surface area contributed by atoms with Gasteiger partial charge in [0.15, 0.2) is 0 Å². The zero-order valence-electron chi connectivity index (χ0n) is 11.6. The summed E-state index contributed by atoms with van der Waals surface area (Å²) in [4.78, 5) is 23.8. The number of hydrogen-bond donors (Lipinski definition) is 2. The Kier molecular flexibility index (Phi) is 3.04. The van der Waals surface area contributed by atoms with Gasteiger partial charge in [-0.05, 0) is 68.2 Å². The number of amides is 1. The highest BCUT2D eigenvalue weighted by Crippen LogP contribution is 2.40. The summed E-state index contributed by atoms with van der Waals surface area (Å²) in [5, 5.41) is 12.1. The molecule has 106 valence electrons. The van der Waals surface area contributed by atoms with Crippen LogP contribution in [0.15, 0.2) is 18.2 Å². The topological polar surface area (TPSA) is 66.4 Å². The molecule has 1 aromatic carbocycles. The number of aliphatic carboxylic acids is 1. The van der Waals surface area contributed by atoms with E-state index in [9.17, 15) is 14.7 Å². The van der Waals surface area contributed by atoms with Crippen LogP contribution >= 0.6 is 0 Å². The number of nitrogens with one attached hydrogen (secondary N) is 1. The summed E-state index contributed by atoms with van der Waals surface area (Å²) >= 11 is 0. The number of fused-ring (bicyclic) bond motifs is 1. The van der Waals surface area contributed by atoms with Crippen molar-refractivity contribution in [2.45, 2.75) is 44.6 Å². The molecule has 3 rings (SSSR count). The van der Waals surface area contributed by atoms with Crippen LogP contribution in [0.2, 0.25) is 0 Å². The van der Waals surface area contributed by atoms with Crippen molar-refractivity contribution in [2.24, 2.45) is 5.92 Å². The van der Waals surface area contributed by atoms with Crippen LogP contribution in [-0.2, 0) is 17.6 Å². The van der Waals surface area contributed by atoms with Crippen molar-refractivity contribution >= 4 is 11.9 Å². The lowest BCUT2D eigenvalue weighted by atomic mass is 9.95. The Labute approximate surface area is 118 Å². The molecule has 0 bridgehead atoms. The smallest absolute Gasteiger partial charge is 0.329 e. The Morgan fingerprint density at radius 1 is 1.25 bits per heavy atom. The maximum atomic E-state index is 12.3. The molecule has 2 aliphatic rings. The molecule has 1 unspecified atom stereocenters. The fourth-order valence-electron chi connectivity index (χ4n) is 3.01. The molecular formula is C16H19NO3. The first-order valence-electron chi connectivity index (χ1n) is 7.18. The Hall–Kier alpha value is -1.84. The summed E-state index contributed by atoms with van der Waals surface area (Å²) in [5.74, 6) is -1.18. The molecule has 0 saturated heterocycles. The third-order valence-corrected chi connectivity index (χ3v) is 4.57. The van der Waals surface area contributed by atoms with E-state index in [-0.39, 0.29) is 11.8 Å². The van der Waals surface area contributed by atoms with Crippen LogP contribution in [0.5, 0.6) is 0 Å². The quantitative estimate of drug-likeness (QED) is 0.883. The molecule has 0 spiro atoms. The molecular weight excluding hydrogens is 254 g/mol. The first-order valence-corrected chi connectivity index (χ1v) is 7.18. The van der Waals surface area contributed by atoms with Gasteiger partial charge >= 0.3 is 5.97 Å². The van der Waals surface area contributed by atoms with Crippen molar-refractivity contribution in [3.63, 3.8) is 0 Å². The van der Waals surface area contributed by atoms with E-state index >= 15 is 0 Å². The van der Waals surface area contributed by atoms with Crippen LogP contribution in [0.3, 0.4) is 0 Å². The van der Waals surface area contributed by atoms with Gasteiger partial charge < -0.3 is 10.4 Å². The van der Waals surface area contributed by atoms with Crippen molar-refractivity contribution in [1.82, 2.24) is 5.32 Å². The first-order chi connectivity index (χ1) is 9.50. The third kappa shape index (κ3) is 2.19. The number of carboxylic acid groups (broad SMARTS) is 1. The second-order valence-corrected chi connectivity index (χ2v) is 6.07. The lowest BCUT2D eigenvalue weighted by molar-refractivity contribution is -0.144. The van der Waals surface area contributed by atoms with Gasteiger partial charge in [0.1, 0.15) is 5.54 Å². The van der Waals surface area contributed by atoms with Gasteiger partial charge in [0.25, 0.3) is 5.91 Å². The van der Waals surface area contributed by atoms with Crippen molar-refractivity contribution in [2.75, 3.05) is 0 Å². The number of rotatable bonds is 4. The fraction of sp³-hybridized carbons (Fsp3) is 0.500. The zero-order chi connectivity index (χ0) is 14.3. The maximum absolute atomic E-state index is 12.3. The molecule has 20 heavy (non-hydrogen) atoms. The molecule has 2 N–H and O–H groups in total. The number of carbonyl (C=O) groups is 2. The molecule has 1 amide bonds. The lowest BCUT2D eigenvalue weighted by Crippen LogP contribution is -2.54. The minimum absolute atomic E-state index is 0.0541. The molecule has 1 aromatic rings. The average Bonchev–Trinajstić information content (AvgIpc) is 3.16. The molecule has 0 aliphatic heterocycles. The van der Waals surface area contributed by atoms with E-state index in [1.807, 2.05) is 12.1 Å². The Morgan fingerprint density at radius 2 is 1.95 bits per heavy atom. The Balaban J connectivity index is 1.80. The Morgan fingerprint density at radius 3 is 2.60 bits per heavy atom. The second-order valence-electron chi connectivity index (χ2n) is 6.07. The third-order valence-electron chi connectivity index (χ3n) is 4.57. The molecule has 1 fully saturated rings. The summed E-state index contributed by atoms with van der Waals surface area (Å²) in [6.07, 6.45) is 4.96. The highest BCUT2D eigenvalue weighted by atomic mass is 16.4. The van der Waals surface area contributed by atoms with Gasteiger partial charge in [0.05, 0.1) is 0 Å². The largest absolute Gasteiger partial charge is 0.480 e. The number of aryl methyl sites for hydroxylation is 2. The molecule has 0 heterocycles. The predicted molar refractivity (Wildman–Crippen MR) is 74.7 cm³/mol. The summed E-state index contributed by atoms with van der Waals surface area (Å²) in [6, 6.07) is 5.70. The van der Waals surface area contributed by atoms with E-state index in [1.165, 1.54) is 11.1 Å². The van der Waals surface area contributed by atoms with Crippen molar-refractivity contribution < 1.29 is 14.7 Å². The molecule has 0 radical (unpaired) electrons. The monoisotopic (exact) mass is 273 g/mol. The van der Waals surface area contributed by atoms with Crippen molar-refractivity contribution in [3.8, 4) is 0 Å². The van der Waals surface area contributed by atoms with Gasteiger partial charge in [-0.2, -0.15) is 0 Å². The van der Waals surface area contributed by atoms with Gasteiger partial charge in [-0.15, -0.1) is 0 Å². The van der Waals surface area contributed by atoms with Gasteiger partial charge in [-0.1, -0.05) is 6.07 Å². The Bertz CT molecular complexity index is 577. The standard InChI is InChI=1S/C16H19NO3/c1-16(15(19)20,13-7-8-13)17-14(18)12-6-5-10-3-2-4-11(10)9-12/h5-6,9,13H,2-4,7-8H2,1H3,(H,17,18)(H,19,20). The second kappa shape index (κ2) is 4.62. The van der Waals surface area contributed by atoms with Gasteiger partial charge in [0, 0.05) is 5.56 Å². The summed E-state index contributed by atoms with van der Waals surface area (Å²) in [6.45, 7) is 1.61. The summed E-state index contributed by atoms with van der Waals surface area (Å²) in [5.41, 5.74) is 1.96. The zero-order valence-corrected chi connectivity index (χ0v) is 11.6. The van der Waals surface area contributed by atoms with E-state index in [1.54, 1.807) is 13.0 Å². The highest BCUT2D eigenvalue weighted by Gasteiger charge is 2.48. The van der Waals surface area contributed by atoms with E-state index in [4.69, 9.17) is 0 Å². The maximum Gasteiger partial charge on any atom is 0.329 e. The normalized spacial score (nSPS) is 20.1. The highest BCUT2D eigenvalue weighted by molar-refractivity contribution is 5.98. The predicted octanol–water partition coefficient (Wildman–Crippen LogP) is 2.16. The van der Waals surface area contributed by atoms with Crippen molar-refractivity contribution in [1.29, 1.82) is 0 Å². The molecule has 1 atom stereocenters. The SMILES string of the molecule is CC(NC(=O)c1ccc2c(c1)CCC2)(C(=O)O)C1CC1. The minimum atomic E-state index is -1.14. The summed E-state index contributed by atoms with van der Waals surface area (Å²) < 4.78 is 0. The number of hydrogen-bond acceptors (Lipinski definition) is 2. The van der Waals surface area contributed by atoms with Crippen LogP contribution in [-0.4, -0.2) is 22.5 Å². The summed E-state index contributed by atoms with van der Waals surface area (Å²) in [7, 11) is 0. The average molecular weight is 273 g/mol. The minimum Gasteiger partial charge on any atom is -0.480 e. The van der Waals surface area contributed by atoms with E-state index in [0.29, 0.717) is 5.56 Å². The number of carbonyl (C=O) groups excluding carboxylic acids is 1. The fourth-order valence-corrected chi connectivity index (χ4v) is 3.01. The van der Waals surface area contributed by atoms with Gasteiger partial charge in [-0.3, -0.25) is 4.79 Å². The van der Waals surface area contributed by atoms with Crippen LogP contribution in [0.4, 0.5) is 0 Å². The van der Waals surface area contributed by atoms with Crippen LogP contribution in [0.25, 0.3) is 0 Å². The molecule has 4 nitrogen and oxygen atoms in total. The van der Waals surface area contributed by atoms with E-state index in [2.05, 4.69) is 5.32 Å². The first kappa shape index (κ1) is 13.2. The molecule has 0 aromatic heterocycles. The molecule has 2 aliphatic carbocycles. The van der Waals surface area contributed by atoms with Crippen LogP contribution in [0.1, 0.15) is 47.7 Å². The van der Waals surface area contributed by atoms with Gasteiger partial charge in [-0.25, -0.2) is 4.79 Å².